The Kier molecular flexibility index (Phi) is 11.5. The second-order valence-corrected chi connectivity index (χ2v) is 7.08. The highest BCUT2D eigenvalue weighted by Gasteiger charge is 2.11. The molecule has 0 saturated carbocycles. The Morgan fingerprint density at radius 1 is 1.00 bits per heavy atom. The van der Waals surface area contributed by atoms with Crippen LogP contribution in [0.4, 0.5) is 0 Å². The lowest BCUT2D eigenvalue weighted by atomic mass is 10.0. The van der Waals surface area contributed by atoms with Crippen molar-refractivity contribution in [2.45, 2.75) is 19.4 Å². The van der Waals surface area contributed by atoms with Crippen LogP contribution in [-0.4, -0.2) is 42.9 Å². The van der Waals surface area contributed by atoms with Crippen LogP contribution in [-0.2, 0) is 6.54 Å². The maximum atomic E-state index is 9.72. The minimum Gasteiger partial charge on any atom is -0.490 e. The standard InChI is InChI=1S/C25H30N4O3.HI/c1-3-31-22-11-7-8-12-23(22)32-24-14-13-19(15-27-24)16-28-25(26-2)29-17-21(18-30)20-9-5-4-6-10-20;/h4-15,21,30H,3,16-18H2,1-2H3,(H2,26,28,29);1H. The van der Waals surface area contributed by atoms with E-state index in [9.17, 15) is 5.11 Å². The van der Waals surface area contributed by atoms with Gasteiger partial charge in [0.1, 0.15) is 0 Å². The Hall–Kier alpha value is -2.85. The number of aromatic nitrogens is 1. The van der Waals surface area contributed by atoms with Gasteiger partial charge in [0, 0.05) is 38.3 Å². The van der Waals surface area contributed by atoms with Gasteiger partial charge in [0.15, 0.2) is 17.5 Å². The van der Waals surface area contributed by atoms with Crippen LogP contribution in [0, 0.1) is 0 Å². The van der Waals surface area contributed by atoms with Crippen LogP contribution >= 0.6 is 24.0 Å². The van der Waals surface area contributed by atoms with Crippen LogP contribution in [0.1, 0.15) is 24.0 Å². The average Bonchev–Trinajstić information content (AvgIpc) is 2.84. The number of rotatable bonds is 10. The topological polar surface area (TPSA) is 88.0 Å². The molecule has 0 aliphatic carbocycles. The van der Waals surface area contributed by atoms with Crippen LogP contribution in [0.2, 0.25) is 0 Å². The molecule has 0 saturated heterocycles. The van der Waals surface area contributed by atoms with Gasteiger partial charge >= 0.3 is 0 Å². The highest BCUT2D eigenvalue weighted by molar-refractivity contribution is 14.0. The van der Waals surface area contributed by atoms with Crippen molar-refractivity contribution in [1.82, 2.24) is 15.6 Å². The van der Waals surface area contributed by atoms with Gasteiger partial charge < -0.3 is 25.2 Å². The third kappa shape index (κ3) is 8.21. The fourth-order valence-electron chi connectivity index (χ4n) is 3.14. The lowest BCUT2D eigenvalue weighted by Crippen LogP contribution is -2.39. The molecule has 0 amide bonds. The van der Waals surface area contributed by atoms with Crippen molar-refractivity contribution in [3.63, 3.8) is 0 Å². The molecule has 0 aliphatic rings. The fourth-order valence-corrected chi connectivity index (χ4v) is 3.14. The number of pyridine rings is 1. The third-order valence-corrected chi connectivity index (χ3v) is 4.85. The molecule has 0 bridgehead atoms. The minimum absolute atomic E-state index is 0. The maximum Gasteiger partial charge on any atom is 0.219 e. The van der Waals surface area contributed by atoms with Crippen molar-refractivity contribution in [2.24, 2.45) is 4.99 Å². The molecule has 0 radical (unpaired) electrons. The van der Waals surface area contributed by atoms with Gasteiger partial charge in [0.05, 0.1) is 13.2 Å². The first-order chi connectivity index (χ1) is 15.7. The lowest BCUT2D eigenvalue weighted by molar-refractivity contribution is 0.265. The number of hydrogen-bond donors (Lipinski definition) is 3. The average molecular weight is 562 g/mol. The Balaban J connectivity index is 0.00000385. The molecular formula is C25H31IN4O3. The molecule has 1 unspecified atom stereocenters. The van der Waals surface area contributed by atoms with Crippen molar-refractivity contribution in [1.29, 1.82) is 0 Å². The summed E-state index contributed by atoms with van der Waals surface area (Å²) in [6.07, 6.45) is 1.76. The van der Waals surface area contributed by atoms with E-state index in [0.29, 0.717) is 43.0 Å². The van der Waals surface area contributed by atoms with Crippen molar-refractivity contribution in [3.8, 4) is 17.4 Å². The minimum atomic E-state index is -0.00702. The molecular weight excluding hydrogens is 531 g/mol. The highest BCUT2D eigenvalue weighted by Crippen LogP contribution is 2.30. The molecule has 0 spiro atoms. The van der Waals surface area contributed by atoms with Crippen LogP contribution in [0.25, 0.3) is 0 Å². The number of ether oxygens (including phenoxy) is 2. The number of benzene rings is 2. The number of guanidine groups is 1. The summed E-state index contributed by atoms with van der Waals surface area (Å²) in [5.74, 6) is 2.47. The number of aliphatic hydroxyl groups is 1. The molecule has 3 aromatic rings. The molecule has 1 aromatic heterocycles. The van der Waals surface area contributed by atoms with Gasteiger partial charge in [-0.25, -0.2) is 4.98 Å². The van der Waals surface area contributed by atoms with Gasteiger partial charge in [0.2, 0.25) is 5.88 Å². The molecule has 1 heterocycles. The number of hydrogen-bond acceptors (Lipinski definition) is 5. The quantitative estimate of drug-likeness (QED) is 0.194. The second kappa shape index (κ2) is 14.3. The first-order valence-corrected chi connectivity index (χ1v) is 10.7. The molecule has 0 fully saturated rings. The van der Waals surface area contributed by atoms with Gasteiger partial charge in [-0.2, -0.15) is 0 Å². The fraction of sp³-hybridized carbons (Fsp3) is 0.280. The van der Waals surface area contributed by atoms with Crippen LogP contribution in [0.3, 0.4) is 0 Å². The Morgan fingerprint density at radius 2 is 1.73 bits per heavy atom. The molecule has 3 rings (SSSR count). The van der Waals surface area contributed by atoms with E-state index in [-0.39, 0.29) is 36.5 Å². The molecule has 7 nitrogen and oxygen atoms in total. The van der Waals surface area contributed by atoms with Gasteiger partial charge in [-0.15, -0.1) is 24.0 Å². The highest BCUT2D eigenvalue weighted by atomic mass is 127. The Labute approximate surface area is 212 Å². The predicted octanol–water partition coefficient (Wildman–Crippen LogP) is 4.33. The smallest absolute Gasteiger partial charge is 0.219 e. The van der Waals surface area contributed by atoms with E-state index < -0.39 is 0 Å². The molecule has 2 aromatic carbocycles. The summed E-state index contributed by atoms with van der Waals surface area (Å²) in [5, 5.41) is 16.3. The first kappa shape index (κ1) is 26.4. The third-order valence-electron chi connectivity index (χ3n) is 4.85. The largest absolute Gasteiger partial charge is 0.490 e. The van der Waals surface area contributed by atoms with Gasteiger partial charge in [-0.05, 0) is 30.2 Å². The van der Waals surface area contributed by atoms with Crippen molar-refractivity contribution in [3.05, 3.63) is 84.1 Å². The molecule has 3 N–H and O–H groups in total. The van der Waals surface area contributed by atoms with Crippen molar-refractivity contribution >= 4 is 29.9 Å². The SMILES string of the molecule is CCOc1ccccc1Oc1ccc(CNC(=NC)NCC(CO)c2ccccc2)cn1.I. The molecule has 176 valence electrons. The predicted molar refractivity (Wildman–Crippen MR) is 142 cm³/mol. The second-order valence-electron chi connectivity index (χ2n) is 7.08. The molecule has 8 heteroatoms. The van der Waals surface area contributed by atoms with Crippen LogP contribution < -0.4 is 20.1 Å². The summed E-state index contributed by atoms with van der Waals surface area (Å²) in [4.78, 5) is 8.65. The molecule has 33 heavy (non-hydrogen) atoms. The normalized spacial score (nSPS) is 11.8. The summed E-state index contributed by atoms with van der Waals surface area (Å²) in [6, 6.07) is 21.2. The number of halogens is 1. The van der Waals surface area contributed by atoms with E-state index in [1.165, 1.54) is 0 Å². The molecule has 1 atom stereocenters. The summed E-state index contributed by atoms with van der Waals surface area (Å²) in [7, 11) is 1.72. The van der Waals surface area contributed by atoms with E-state index >= 15 is 0 Å². The number of aliphatic hydroxyl groups excluding tert-OH is 1. The van der Waals surface area contributed by atoms with Gasteiger partial charge in [0.25, 0.3) is 0 Å². The summed E-state index contributed by atoms with van der Waals surface area (Å²) < 4.78 is 11.5. The Morgan fingerprint density at radius 3 is 2.36 bits per heavy atom. The van der Waals surface area contributed by atoms with Gasteiger partial charge in [-0.1, -0.05) is 48.5 Å². The maximum absolute atomic E-state index is 9.72. The Bertz CT molecular complexity index is 984. The zero-order chi connectivity index (χ0) is 22.6. The molecule has 0 aliphatic heterocycles. The number of para-hydroxylation sites is 2. The van der Waals surface area contributed by atoms with Gasteiger partial charge in [-0.3, -0.25) is 4.99 Å². The number of nitrogens with zero attached hydrogens (tertiary/aromatic N) is 2. The van der Waals surface area contributed by atoms with E-state index in [2.05, 4.69) is 20.6 Å². The van der Waals surface area contributed by atoms with E-state index in [1.807, 2.05) is 73.7 Å². The van der Waals surface area contributed by atoms with Crippen molar-refractivity contribution < 1.29 is 14.6 Å². The zero-order valence-corrected chi connectivity index (χ0v) is 21.2. The van der Waals surface area contributed by atoms with Crippen molar-refractivity contribution in [2.75, 3.05) is 26.8 Å². The zero-order valence-electron chi connectivity index (χ0n) is 18.9. The summed E-state index contributed by atoms with van der Waals surface area (Å²) >= 11 is 0. The first-order valence-electron chi connectivity index (χ1n) is 10.7. The van der Waals surface area contributed by atoms with E-state index in [0.717, 1.165) is 11.1 Å². The monoisotopic (exact) mass is 562 g/mol. The van der Waals surface area contributed by atoms with E-state index in [4.69, 9.17) is 9.47 Å². The number of nitrogens with one attached hydrogen (secondary N) is 2. The van der Waals surface area contributed by atoms with Crippen LogP contribution in [0.15, 0.2) is 77.9 Å². The van der Waals surface area contributed by atoms with E-state index in [1.54, 1.807) is 13.2 Å². The summed E-state index contributed by atoms with van der Waals surface area (Å²) in [6.45, 7) is 3.69. The number of aliphatic imine (C=N–C) groups is 1. The summed E-state index contributed by atoms with van der Waals surface area (Å²) in [5.41, 5.74) is 2.07. The lowest BCUT2D eigenvalue weighted by Gasteiger charge is -2.18. The van der Waals surface area contributed by atoms with Crippen LogP contribution in [0.5, 0.6) is 17.4 Å².